The van der Waals surface area contributed by atoms with Crippen molar-refractivity contribution in [3.05, 3.63) is 61.2 Å². The van der Waals surface area contributed by atoms with Crippen molar-refractivity contribution in [2.75, 3.05) is 16.8 Å². The van der Waals surface area contributed by atoms with Crippen LogP contribution in [0.3, 0.4) is 0 Å². The van der Waals surface area contributed by atoms with Crippen LogP contribution < -0.4 is 10.2 Å². The third-order valence-electron chi connectivity index (χ3n) is 8.79. The summed E-state index contributed by atoms with van der Waals surface area (Å²) in [6.45, 7) is 20.8. The molecule has 50 heavy (non-hydrogen) atoms. The molecule has 0 radical (unpaired) electrons. The van der Waals surface area contributed by atoms with Crippen molar-refractivity contribution in [3.63, 3.8) is 0 Å². The van der Waals surface area contributed by atoms with Gasteiger partial charge >= 0.3 is 30.5 Å². The van der Waals surface area contributed by atoms with Crippen molar-refractivity contribution in [3.8, 4) is 0 Å². The number of hydrogen-bond donors (Lipinski definition) is 2. The second-order valence-corrected chi connectivity index (χ2v) is 13.7. The number of nitrogens with one attached hydrogen (secondary N) is 1. The highest BCUT2D eigenvalue weighted by molar-refractivity contribution is 6.40. The Kier molecular flexibility index (Phi) is 14.6. The van der Waals surface area contributed by atoms with E-state index < -0.39 is 48.3 Å². The van der Waals surface area contributed by atoms with E-state index in [9.17, 15) is 22.8 Å². The van der Waals surface area contributed by atoms with E-state index in [2.05, 4.69) is 5.32 Å². The molecule has 2 aromatic carbocycles. The maximum atomic E-state index is 15.0. The Labute approximate surface area is 298 Å². The number of halogens is 8. The molecule has 0 saturated carbocycles. The second kappa shape index (κ2) is 16.3. The fraction of sp³-hybridized carbons (Fsp3) is 0.559. The van der Waals surface area contributed by atoms with Gasteiger partial charge in [-0.3, -0.25) is 4.90 Å². The zero-order chi connectivity index (χ0) is 39.5. The summed E-state index contributed by atoms with van der Waals surface area (Å²) in [5.74, 6) is -2.76. The fourth-order valence-electron chi connectivity index (χ4n) is 5.73. The van der Waals surface area contributed by atoms with Gasteiger partial charge in [0.05, 0.1) is 17.6 Å². The predicted octanol–water partition coefficient (Wildman–Crippen LogP) is 9.96. The first kappa shape index (κ1) is 44.6. The summed E-state index contributed by atoms with van der Waals surface area (Å²) in [6, 6.07) is 0. The van der Waals surface area contributed by atoms with Crippen LogP contribution >= 0.6 is 23.2 Å². The third-order valence-corrected chi connectivity index (χ3v) is 8.79. The van der Waals surface area contributed by atoms with E-state index >= 15 is 13.2 Å². The van der Waals surface area contributed by atoms with Gasteiger partial charge in [0.2, 0.25) is 0 Å². The maximum Gasteiger partial charge on any atom is 0.490 e. The lowest BCUT2D eigenvalue weighted by atomic mass is 9.80. The molecule has 282 valence electrons. The highest BCUT2D eigenvalue weighted by Gasteiger charge is 2.66. The largest absolute Gasteiger partial charge is 0.490 e. The van der Waals surface area contributed by atoms with Gasteiger partial charge in [-0.1, -0.05) is 0 Å². The topological polar surface area (TPSA) is 105 Å². The predicted molar refractivity (Wildman–Crippen MR) is 180 cm³/mol. The van der Waals surface area contributed by atoms with Crippen LogP contribution in [-0.4, -0.2) is 53.1 Å². The normalized spacial score (nSPS) is 16.2. The lowest BCUT2D eigenvalue weighted by Gasteiger charge is -2.34. The number of carbonyl (C=O) groups is 3. The number of alkyl halides is 8. The van der Waals surface area contributed by atoms with E-state index in [-0.39, 0.29) is 17.4 Å². The molecule has 2 aromatic rings. The van der Waals surface area contributed by atoms with Crippen LogP contribution in [0.2, 0.25) is 0 Å². The Bertz CT molecular complexity index is 1560. The van der Waals surface area contributed by atoms with Crippen LogP contribution in [0.1, 0.15) is 82.0 Å². The second-order valence-electron chi connectivity index (χ2n) is 12.9. The number of nitrogens with zero attached hydrogens (tertiary/aromatic N) is 1. The maximum absolute atomic E-state index is 15.0. The molecule has 1 unspecified atom stereocenters. The summed E-state index contributed by atoms with van der Waals surface area (Å²) in [6.07, 6.45) is -11.6. The lowest BCUT2D eigenvalue weighted by Crippen LogP contribution is -2.47. The van der Waals surface area contributed by atoms with Gasteiger partial charge in [-0.2, -0.15) is 26.3 Å². The number of alkyl carbamates (subject to hydrolysis) is 1. The Hall–Kier alpha value is -3.39. The zero-order valence-electron chi connectivity index (χ0n) is 30.1. The minimum atomic E-state index is -5.08. The van der Waals surface area contributed by atoms with Gasteiger partial charge in [0.1, 0.15) is 5.60 Å². The number of rotatable bonds is 4. The number of anilines is 1. The minimum Gasteiger partial charge on any atom is -0.475 e. The number of benzene rings is 2. The standard InChI is InChI=1S/C31H41F3N2O4.C2HF3O2.CH2Cl2/c1-15-16(2)20(6)25(21(7)17(15)3)30(31(32,33)34)14-36(28(38)40-30)26-22(8)18(4)24(19(5)23(26)9)13-35-27(37)39-29(10,11)12;3-2(4,5)1(6)7;2-1-3/h13-14H2,1-12H3,(H,35,37);(H,6,7);1H2. The summed E-state index contributed by atoms with van der Waals surface area (Å²) in [5, 5.41) is 10.1. The number of ether oxygens (including phenoxy) is 2. The van der Waals surface area contributed by atoms with Crippen LogP contribution in [-0.2, 0) is 26.4 Å². The van der Waals surface area contributed by atoms with Crippen molar-refractivity contribution in [2.45, 2.75) is 113 Å². The monoisotopic (exact) mass is 760 g/mol. The van der Waals surface area contributed by atoms with Crippen LogP contribution in [0.15, 0.2) is 0 Å². The van der Waals surface area contributed by atoms with Gasteiger partial charge in [0, 0.05) is 12.1 Å². The van der Waals surface area contributed by atoms with Gasteiger partial charge < -0.3 is 19.9 Å². The van der Waals surface area contributed by atoms with Crippen molar-refractivity contribution in [1.29, 1.82) is 0 Å². The Morgan fingerprint density at radius 3 is 1.52 bits per heavy atom. The third kappa shape index (κ3) is 9.68. The molecule has 1 heterocycles. The quantitative estimate of drug-likeness (QED) is 0.238. The SMILES string of the molecule is Cc1c(C)c(C)c(C2(C(F)(F)F)CN(c3c(C)c(C)c(CNC(=O)OC(C)(C)C)c(C)c3C)C(=O)O2)c(C)c1C.ClCCl.O=C(O)C(F)(F)F. The number of cyclic esters (lactones) is 1. The smallest absolute Gasteiger partial charge is 0.475 e. The fourth-order valence-corrected chi connectivity index (χ4v) is 5.73. The molecule has 0 aromatic heterocycles. The number of carboxylic acid groups (broad SMARTS) is 1. The molecule has 0 bridgehead atoms. The van der Waals surface area contributed by atoms with E-state index in [1.807, 2.05) is 20.8 Å². The minimum absolute atomic E-state index is 0.00150. The summed E-state index contributed by atoms with van der Waals surface area (Å²) < 4.78 is 87.6. The molecule has 16 heteroatoms. The van der Waals surface area contributed by atoms with Crippen molar-refractivity contribution in [1.82, 2.24) is 5.32 Å². The van der Waals surface area contributed by atoms with E-state index in [0.717, 1.165) is 38.3 Å². The van der Waals surface area contributed by atoms with Gasteiger partial charge in [0.15, 0.2) is 0 Å². The lowest BCUT2D eigenvalue weighted by molar-refractivity contribution is -0.250. The molecular formula is C34H44Cl2F6N2O6. The average Bonchev–Trinajstić information content (AvgIpc) is 3.31. The number of hydrogen-bond acceptors (Lipinski definition) is 5. The molecule has 8 nitrogen and oxygen atoms in total. The molecule has 1 atom stereocenters. The molecule has 3 rings (SSSR count). The van der Waals surface area contributed by atoms with Crippen LogP contribution in [0.4, 0.5) is 41.6 Å². The van der Waals surface area contributed by atoms with E-state index in [4.69, 9.17) is 42.6 Å². The molecule has 1 fully saturated rings. The molecule has 1 saturated heterocycles. The summed E-state index contributed by atoms with van der Waals surface area (Å²) in [5.41, 5.74) is 3.90. The summed E-state index contributed by atoms with van der Waals surface area (Å²) >= 11 is 9.53. The highest BCUT2D eigenvalue weighted by Crippen LogP contribution is 2.51. The van der Waals surface area contributed by atoms with Crippen LogP contribution in [0.5, 0.6) is 0 Å². The molecule has 1 aliphatic rings. The first-order valence-corrected chi connectivity index (χ1v) is 16.2. The number of amides is 2. The number of aliphatic carboxylic acids is 1. The van der Waals surface area contributed by atoms with E-state index in [0.29, 0.717) is 27.9 Å². The molecule has 0 aliphatic carbocycles. The van der Waals surface area contributed by atoms with Gasteiger partial charge in [0.25, 0.3) is 5.60 Å². The number of carbonyl (C=O) groups excluding carboxylic acids is 2. The molecule has 1 aliphatic heterocycles. The van der Waals surface area contributed by atoms with E-state index in [1.165, 1.54) is 0 Å². The molecule has 2 amide bonds. The first-order chi connectivity index (χ1) is 22.5. The summed E-state index contributed by atoms with van der Waals surface area (Å²) in [7, 11) is 0. The highest BCUT2D eigenvalue weighted by atomic mass is 35.5. The molecular weight excluding hydrogens is 717 g/mol. The van der Waals surface area contributed by atoms with Gasteiger partial charge in [-0.05, 0) is 139 Å². The zero-order valence-corrected chi connectivity index (χ0v) is 31.6. The van der Waals surface area contributed by atoms with Crippen molar-refractivity contribution >= 4 is 47.0 Å². The van der Waals surface area contributed by atoms with Gasteiger partial charge in [-0.25, -0.2) is 14.4 Å². The summed E-state index contributed by atoms with van der Waals surface area (Å²) in [4.78, 5) is 35.6. The van der Waals surface area contributed by atoms with Crippen molar-refractivity contribution in [2.24, 2.45) is 0 Å². The Morgan fingerprint density at radius 2 is 1.18 bits per heavy atom. The average molecular weight is 762 g/mol. The van der Waals surface area contributed by atoms with E-state index in [1.54, 1.807) is 62.3 Å². The Balaban J connectivity index is 0.00000110. The number of carboxylic acids is 1. The molecule has 2 N–H and O–H groups in total. The van der Waals surface area contributed by atoms with Gasteiger partial charge in [-0.15, -0.1) is 23.2 Å². The Morgan fingerprint density at radius 1 is 0.800 bits per heavy atom. The first-order valence-electron chi connectivity index (χ1n) is 15.1. The van der Waals surface area contributed by atoms with Crippen LogP contribution in [0, 0.1) is 62.3 Å². The van der Waals surface area contributed by atoms with Crippen LogP contribution in [0.25, 0.3) is 0 Å². The van der Waals surface area contributed by atoms with Crippen molar-refractivity contribution < 1.29 is 55.3 Å². The molecule has 0 spiro atoms.